The van der Waals surface area contributed by atoms with Crippen LogP contribution in [0.15, 0.2) is 41.3 Å². The molecule has 3 rings (SSSR count). The van der Waals surface area contributed by atoms with Crippen LogP contribution in [0.2, 0.25) is 0 Å². The normalized spacial score (nSPS) is 14.9. The van der Waals surface area contributed by atoms with Gasteiger partial charge in [0.2, 0.25) is 0 Å². The molecule has 32 heavy (non-hydrogen) atoms. The van der Waals surface area contributed by atoms with E-state index in [1.165, 1.54) is 12.0 Å². The average molecular weight is 566 g/mol. The minimum atomic E-state index is -0.308. The first-order valence-corrected chi connectivity index (χ1v) is 11.7. The Hall–Kier alpha value is -2.53. The second-order valence-electron chi connectivity index (χ2n) is 7.38. The fraction of sp³-hybridized carbons (Fsp3) is 0.261. The van der Waals surface area contributed by atoms with Gasteiger partial charge in [-0.3, -0.25) is 19.3 Å². The van der Waals surface area contributed by atoms with Crippen molar-refractivity contribution in [2.45, 2.75) is 26.8 Å². The van der Waals surface area contributed by atoms with Crippen molar-refractivity contribution in [3.8, 4) is 11.5 Å². The lowest BCUT2D eigenvalue weighted by atomic mass is 10.1. The Morgan fingerprint density at radius 3 is 2.50 bits per heavy atom. The molecular formula is C23H23IN2O5S. The summed E-state index contributed by atoms with van der Waals surface area (Å²) in [5.74, 6) is 0.254. The van der Waals surface area contributed by atoms with Crippen molar-refractivity contribution < 1.29 is 23.9 Å². The summed E-state index contributed by atoms with van der Waals surface area (Å²) in [6, 6.07) is 10.8. The van der Waals surface area contributed by atoms with Gasteiger partial charge < -0.3 is 14.8 Å². The minimum Gasteiger partial charge on any atom is -0.493 e. The topological polar surface area (TPSA) is 84.9 Å². The van der Waals surface area contributed by atoms with Crippen molar-refractivity contribution in [3.05, 3.63) is 56.0 Å². The van der Waals surface area contributed by atoms with E-state index in [-0.39, 0.29) is 29.7 Å². The van der Waals surface area contributed by atoms with Gasteiger partial charge in [-0.05, 0) is 91.0 Å². The molecule has 0 aromatic heterocycles. The molecule has 2 aromatic carbocycles. The van der Waals surface area contributed by atoms with Gasteiger partial charge in [0.25, 0.3) is 17.1 Å². The first kappa shape index (κ1) is 24.1. The highest BCUT2D eigenvalue weighted by Gasteiger charge is 2.36. The molecule has 1 heterocycles. The van der Waals surface area contributed by atoms with Gasteiger partial charge in [0.15, 0.2) is 18.1 Å². The third-order valence-electron chi connectivity index (χ3n) is 4.57. The number of amides is 3. The van der Waals surface area contributed by atoms with Crippen LogP contribution in [0.4, 0.5) is 10.5 Å². The number of hydrogen-bond acceptors (Lipinski definition) is 6. The molecule has 1 N–H and O–H groups in total. The molecule has 0 radical (unpaired) electrons. The van der Waals surface area contributed by atoms with Crippen LogP contribution in [-0.4, -0.2) is 41.7 Å². The number of hydrogen-bond donors (Lipinski definition) is 1. The van der Waals surface area contributed by atoms with Gasteiger partial charge in [0.1, 0.15) is 0 Å². The summed E-state index contributed by atoms with van der Waals surface area (Å²) >= 11 is 3.00. The first-order chi connectivity index (χ1) is 15.2. The summed E-state index contributed by atoms with van der Waals surface area (Å²) < 4.78 is 11.9. The molecule has 9 heteroatoms. The third kappa shape index (κ3) is 5.63. The van der Waals surface area contributed by atoms with Crippen LogP contribution in [0.3, 0.4) is 0 Å². The molecule has 1 saturated heterocycles. The SMILES string of the molecule is COc1cc(/C=C2/SC(=O)N(C(C)C)C2=O)cc(I)c1OCC(=O)Nc1ccc(C)cc1. The van der Waals surface area contributed by atoms with Crippen molar-refractivity contribution in [3.63, 3.8) is 0 Å². The highest BCUT2D eigenvalue weighted by Crippen LogP contribution is 2.37. The van der Waals surface area contributed by atoms with Crippen molar-refractivity contribution in [1.82, 2.24) is 4.90 Å². The molecule has 1 aliphatic heterocycles. The van der Waals surface area contributed by atoms with Crippen molar-refractivity contribution in [1.29, 1.82) is 0 Å². The number of methoxy groups -OCH3 is 1. The monoisotopic (exact) mass is 566 g/mol. The van der Waals surface area contributed by atoms with E-state index < -0.39 is 0 Å². The lowest BCUT2D eigenvalue weighted by Crippen LogP contribution is -2.34. The Morgan fingerprint density at radius 1 is 1.22 bits per heavy atom. The van der Waals surface area contributed by atoms with Crippen LogP contribution in [0.5, 0.6) is 11.5 Å². The van der Waals surface area contributed by atoms with Crippen LogP contribution in [0, 0.1) is 10.5 Å². The number of imide groups is 1. The van der Waals surface area contributed by atoms with Gasteiger partial charge in [0.05, 0.1) is 15.6 Å². The first-order valence-electron chi connectivity index (χ1n) is 9.83. The Balaban J connectivity index is 1.74. The van der Waals surface area contributed by atoms with Crippen LogP contribution >= 0.6 is 34.4 Å². The fourth-order valence-corrected chi connectivity index (χ4v) is 4.75. The number of aryl methyl sites for hydroxylation is 1. The molecule has 0 aliphatic carbocycles. The summed E-state index contributed by atoms with van der Waals surface area (Å²) in [6.45, 7) is 5.38. The number of halogens is 1. The highest BCUT2D eigenvalue weighted by atomic mass is 127. The molecular weight excluding hydrogens is 543 g/mol. The molecule has 0 spiro atoms. The van der Waals surface area contributed by atoms with E-state index in [4.69, 9.17) is 9.47 Å². The largest absolute Gasteiger partial charge is 0.493 e. The zero-order valence-electron chi connectivity index (χ0n) is 18.1. The van der Waals surface area contributed by atoms with E-state index >= 15 is 0 Å². The smallest absolute Gasteiger partial charge is 0.293 e. The highest BCUT2D eigenvalue weighted by molar-refractivity contribution is 14.1. The van der Waals surface area contributed by atoms with Crippen molar-refractivity contribution in [2.75, 3.05) is 19.0 Å². The number of carbonyl (C=O) groups excluding carboxylic acids is 3. The van der Waals surface area contributed by atoms with Crippen LogP contribution in [0.25, 0.3) is 6.08 Å². The molecule has 0 saturated carbocycles. The number of thioether (sulfide) groups is 1. The lowest BCUT2D eigenvalue weighted by Gasteiger charge is -2.16. The molecule has 168 valence electrons. The van der Waals surface area contributed by atoms with E-state index in [2.05, 4.69) is 27.9 Å². The number of nitrogens with zero attached hydrogens (tertiary/aromatic N) is 1. The Morgan fingerprint density at radius 2 is 1.91 bits per heavy atom. The second kappa shape index (κ2) is 10.4. The minimum absolute atomic E-state index is 0.188. The average Bonchev–Trinajstić information content (AvgIpc) is 3.01. The number of rotatable bonds is 7. The van der Waals surface area contributed by atoms with Crippen molar-refractivity contribution >= 4 is 63.2 Å². The van der Waals surface area contributed by atoms with Crippen LogP contribution < -0.4 is 14.8 Å². The Kier molecular flexibility index (Phi) is 7.83. The zero-order valence-corrected chi connectivity index (χ0v) is 21.1. The van der Waals surface area contributed by atoms with Crippen molar-refractivity contribution in [2.24, 2.45) is 0 Å². The van der Waals surface area contributed by atoms with Gasteiger partial charge in [-0.1, -0.05) is 17.7 Å². The Labute approximate surface area is 204 Å². The fourth-order valence-electron chi connectivity index (χ4n) is 3.01. The molecule has 1 aliphatic rings. The van der Waals surface area contributed by atoms with E-state index in [0.29, 0.717) is 31.2 Å². The van der Waals surface area contributed by atoms with E-state index in [1.54, 1.807) is 32.1 Å². The van der Waals surface area contributed by atoms with Crippen LogP contribution in [0.1, 0.15) is 25.0 Å². The van der Waals surface area contributed by atoms with Gasteiger partial charge in [0, 0.05) is 11.7 Å². The van der Waals surface area contributed by atoms with Gasteiger partial charge in [-0.25, -0.2) is 0 Å². The quantitative estimate of drug-likeness (QED) is 0.372. The number of nitrogens with one attached hydrogen (secondary N) is 1. The standard InChI is InChI=1S/C23H23IN2O5S/c1-13(2)26-22(28)19(32-23(26)29)11-15-9-17(24)21(18(10-15)30-4)31-12-20(27)25-16-7-5-14(3)6-8-16/h5-11,13H,12H2,1-4H3,(H,25,27)/b19-11+. The number of ether oxygens (including phenoxy) is 2. The summed E-state index contributed by atoms with van der Waals surface area (Å²) in [4.78, 5) is 38.5. The summed E-state index contributed by atoms with van der Waals surface area (Å²) in [7, 11) is 1.50. The summed E-state index contributed by atoms with van der Waals surface area (Å²) in [6.07, 6.45) is 1.66. The zero-order chi connectivity index (χ0) is 23.4. The van der Waals surface area contributed by atoms with Gasteiger partial charge >= 0.3 is 0 Å². The summed E-state index contributed by atoms with van der Waals surface area (Å²) in [5, 5.41) is 2.50. The maximum absolute atomic E-state index is 12.5. The molecule has 1 fully saturated rings. The maximum atomic E-state index is 12.5. The number of carbonyl (C=O) groups is 3. The Bertz CT molecular complexity index is 1080. The predicted octanol–water partition coefficient (Wildman–Crippen LogP) is 5.07. The number of anilines is 1. The maximum Gasteiger partial charge on any atom is 0.293 e. The number of benzene rings is 2. The molecule has 7 nitrogen and oxygen atoms in total. The van der Waals surface area contributed by atoms with E-state index in [9.17, 15) is 14.4 Å². The third-order valence-corrected chi connectivity index (χ3v) is 6.26. The van der Waals surface area contributed by atoms with Gasteiger partial charge in [-0.2, -0.15) is 0 Å². The van der Waals surface area contributed by atoms with Crippen LogP contribution in [-0.2, 0) is 9.59 Å². The molecule has 3 amide bonds. The molecule has 2 aromatic rings. The van der Waals surface area contributed by atoms with E-state index in [0.717, 1.165) is 17.3 Å². The van der Waals surface area contributed by atoms with Gasteiger partial charge in [-0.15, -0.1) is 0 Å². The molecule has 0 atom stereocenters. The summed E-state index contributed by atoms with van der Waals surface area (Å²) in [5.41, 5.74) is 2.49. The molecule has 0 bridgehead atoms. The predicted molar refractivity (Wildman–Crippen MR) is 134 cm³/mol. The lowest BCUT2D eigenvalue weighted by molar-refractivity contribution is -0.123. The second-order valence-corrected chi connectivity index (χ2v) is 9.54. The van der Waals surface area contributed by atoms with E-state index in [1.807, 2.05) is 31.2 Å². The molecule has 0 unspecified atom stereocenters.